The lowest BCUT2D eigenvalue weighted by molar-refractivity contribution is 0.000129. The predicted molar refractivity (Wildman–Crippen MR) is 47.1 cm³/mol. The maximum Gasteiger partial charge on any atom is 0.410 e. The Kier molecular flexibility index (Phi) is 3.78. The van der Waals surface area contributed by atoms with Gasteiger partial charge in [-0.2, -0.15) is 5.26 Å². The zero-order valence-electron chi connectivity index (χ0n) is 7.60. The first kappa shape index (κ1) is 10.4. The van der Waals surface area contributed by atoms with Gasteiger partial charge in [-0.05, 0) is 0 Å². The highest BCUT2D eigenvalue weighted by atomic mass is 16.6. The fraction of sp³-hybridized carbons (Fsp3) is 0.556. The van der Waals surface area contributed by atoms with Crippen molar-refractivity contribution in [1.82, 2.24) is 4.90 Å². The molecule has 1 atom stereocenters. The quantitative estimate of drug-likeness (QED) is 0.550. The molecule has 0 bridgehead atoms. The highest BCUT2D eigenvalue weighted by Gasteiger charge is 2.24. The SMILES string of the molecule is C#CCOC(=O)N1CCOC(C#N)C1. The molecule has 1 unspecified atom stereocenters. The molecule has 5 nitrogen and oxygen atoms in total. The third kappa shape index (κ3) is 2.65. The second kappa shape index (κ2) is 5.11. The van der Waals surface area contributed by atoms with Crippen LogP contribution in [0.3, 0.4) is 0 Å². The molecular weight excluding hydrogens is 184 g/mol. The van der Waals surface area contributed by atoms with E-state index in [1.165, 1.54) is 4.90 Å². The summed E-state index contributed by atoms with van der Waals surface area (Å²) in [6, 6.07) is 1.93. The lowest BCUT2D eigenvalue weighted by atomic mass is 10.3. The van der Waals surface area contributed by atoms with E-state index in [1.807, 2.05) is 6.07 Å². The molecule has 14 heavy (non-hydrogen) atoms. The van der Waals surface area contributed by atoms with Crippen LogP contribution >= 0.6 is 0 Å². The molecule has 5 heteroatoms. The monoisotopic (exact) mass is 194 g/mol. The number of terminal acetylenes is 1. The molecule has 1 aliphatic rings. The summed E-state index contributed by atoms with van der Waals surface area (Å²) in [5.41, 5.74) is 0. The number of carbonyl (C=O) groups excluding carboxylic acids is 1. The van der Waals surface area contributed by atoms with E-state index in [4.69, 9.17) is 21.2 Å². The van der Waals surface area contributed by atoms with Crippen LogP contribution in [0.2, 0.25) is 0 Å². The average molecular weight is 194 g/mol. The van der Waals surface area contributed by atoms with Crippen molar-refractivity contribution in [3.05, 3.63) is 0 Å². The van der Waals surface area contributed by atoms with E-state index >= 15 is 0 Å². The standard InChI is InChI=1S/C9H10N2O3/c1-2-4-14-9(12)11-3-5-13-8(6-10)7-11/h1,8H,3-5,7H2. The Morgan fingerprint density at radius 1 is 1.79 bits per heavy atom. The topological polar surface area (TPSA) is 62.6 Å². The summed E-state index contributed by atoms with van der Waals surface area (Å²) in [7, 11) is 0. The van der Waals surface area contributed by atoms with Gasteiger partial charge in [-0.25, -0.2) is 4.79 Å². The number of hydrogen-bond acceptors (Lipinski definition) is 4. The minimum absolute atomic E-state index is 0.0482. The van der Waals surface area contributed by atoms with Gasteiger partial charge in [0.1, 0.15) is 0 Å². The number of ether oxygens (including phenoxy) is 2. The van der Waals surface area contributed by atoms with Gasteiger partial charge in [0, 0.05) is 6.54 Å². The number of amides is 1. The van der Waals surface area contributed by atoms with Crippen molar-refractivity contribution in [3.63, 3.8) is 0 Å². The van der Waals surface area contributed by atoms with Gasteiger partial charge in [-0.15, -0.1) is 6.42 Å². The van der Waals surface area contributed by atoms with E-state index in [1.54, 1.807) is 0 Å². The zero-order chi connectivity index (χ0) is 10.4. The molecule has 1 saturated heterocycles. The van der Waals surface area contributed by atoms with Crippen LogP contribution in [0.5, 0.6) is 0 Å². The zero-order valence-corrected chi connectivity index (χ0v) is 7.60. The Labute approximate surface area is 82.2 Å². The molecule has 1 heterocycles. The largest absolute Gasteiger partial charge is 0.436 e. The second-order valence-corrected chi connectivity index (χ2v) is 2.69. The number of morpholine rings is 1. The van der Waals surface area contributed by atoms with Crippen LogP contribution in [0.15, 0.2) is 0 Å². The van der Waals surface area contributed by atoms with Crippen molar-refractivity contribution < 1.29 is 14.3 Å². The van der Waals surface area contributed by atoms with E-state index in [2.05, 4.69) is 5.92 Å². The molecule has 1 fully saturated rings. The minimum atomic E-state index is -0.567. The third-order valence-corrected chi connectivity index (χ3v) is 1.75. The Hall–Kier alpha value is -1.72. The Bertz CT molecular complexity index is 289. The fourth-order valence-electron chi connectivity index (χ4n) is 1.09. The number of hydrogen-bond donors (Lipinski definition) is 0. The summed E-state index contributed by atoms with van der Waals surface area (Å²) in [5, 5.41) is 8.58. The van der Waals surface area contributed by atoms with Crippen molar-refractivity contribution in [2.45, 2.75) is 6.10 Å². The number of rotatable bonds is 1. The summed E-state index contributed by atoms with van der Waals surface area (Å²) in [5.74, 6) is 2.20. The Balaban J connectivity index is 2.41. The summed E-state index contributed by atoms with van der Waals surface area (Å²) >= 11 is 0. The molecule has 0 aromatic heterocycles. The maximum absolute atomic E-state index is 11.3. The molecule has 0 aliphatic carbocycles. The lowest BCUT2D eigenvalue weighted by Gasteiger charge is -2.28. The number of nitriles is 1. The highest BCUT2D eigenvalue weighted by Crippen LogP contribution is 2.05. The van der Waals surface area contributed by atoms with E-state index in [0.717, 1.165) is 0 Å². The molecular formula is C9H10N2O3. The molecule has 74 valence electrons. The van der Waals surface area contributed by atoms with Gasteiger partial charge in [-0.3, -0.25) is 0 Å². The van der Waals surface area contributed by atoms with Gasteiger partial charge in [0.2, 0.25) is 0 Å². The van der Waals surface area contributed by atoms with Crippen molar-refractivity contribution in [2.24, 2.45) is 0 Å². The van der Waals surface area contributed by atoms with Gasteiger partial charge in [0.05, 0.1) is 19.2 Å². The molecule has 1 rings (SSSR count). The summed E-state index contributed by atoms with van der Waals surface area (Å²) in [6.07, 6.45) is 3.88. The lowest BCUT2D eigenvalue weighted by Crippen LogP contribution is -2.45. The minimum Gasteiger partial charge on any atom is -0.436 e. The summed E-state index contributed by atoms with van der Waals surface area (Å²) < 4.78 is 9.77. The van der Waals surface area contributed by atoms with Crippen LogP contribution in [0.25, 0.3) is 0 Å². The molecule has 0 spiro atoms. The van der Waals surface area contributed by atoms with Crippen LogP contribution in [0, 0.1) is 23.7 Å². The number of nitrogens with zero attached hydrogens (tertiary/aromatic N) is 2. The predicted octanol–water partition coefficient (Wildman–Crippen LogP) is -0.0194. The van der Waals surface area contributed by atoms with E-state index in [9.17, 15) is 4.79 Å². The summed E-state index contributed by atoms with van der Waals surface area (Å²) in [6.45, 7) is 0.971. The molecule has 0 aromatic carbocycles. The van der Waals surface area contributed by atoms with Gasteiger partial charge >= 0.3 is 6.09 Å². The summed E-state index contributed by atoms with van der Waals surface area (Å²) in [4.78, 5) is 12.7. The first-order valence-corrected chi connectivity index (χ1v) is 4.14. The molecule has 0 saturated carbocycles. The van der Waals surface area contributed by atoms with Gasteiger partial charge in [0.15, 0.2) is 12.7 Å². The normalized spacial score (nSPS) is 20.7. The van der Waals surface area contributed by atoms with Crippen LogP contribution in [0.4, 0.5) is 4.79 Å². The van der Waals surface area contributed by atoms with Crippen LogP contribution < -0.4 is 0 Å². The average Bonchev–Trinajstić information content (AvgIpc) is 2.26. The van der Waals surface area contributed by atoms with Gasteiger partial charge in [0.25, 0.3) is 0 Å². The van der Waals surface area contributed by atoms with Crippen molar-refractivity contribution >= 4 is 6.09 Å². The van der Waals surface area contributed by atoms with Crippen LogP contribution in [-0.2, 0) is 9.47 Å². The fourth-order valence-corrected chi connectivity index (χ4v) is 1.09. The first-order chi connectivity index (χ1) is 6.77. The van der Waals surface area contributed by atoms with Crippen LogP contribution in [-0.4, -0.2) is 43.4 Å². The second-order valence-electron chi connectivity index (χ2n) is 2.69. The Morgan fingerprint density at radius 2 is 2.57 bits per heavy atom. The first-order valence-electron chi connectivity index (χ1n) is 4.14. The maximum atomic E-state index is 11.3. The van der Waals surface area contributed by atoms with Gasteiger partial charge in [-0.1, -0.05) is 5.92 Å². The molecule has 1 aliphatic heterocycles. The van der Waals surface area contributed by atoms with E-state index in [0.29, 0.717) is 13.2 Å². The number of carbonyl (C=O) groups is 1. The molecule has 0 N–H and O–H groups in total. The molecule has 1 amide bonds. The van der Waals surface area contributed by atoms with Crippen molar-refractivity contribution in [2.75, 3.05) is 26.3 Å². The molecule has 0 radical (unpaired) electrons. The van der Waals surface area contributed by atoms with Gasteiger partial charge < -0.3 is 14.4 Å². The van der Waals surface area contributed by atoms with Crippen LogP contribution in [0.1, 0.15) is 0 Å². The van der Waals surface area contributed by atoms with E-state index in [-0.39, 0.29) is 13.2 Å². The smallest absolute Gasteiger partial charge is 0.410 e. The molecule has 0 aromatic rings. The van der Waals surface area contributed by atoms with Crippen molar-refractivity contribution in [1.29, 1.82) is 5.26 Å². The van der Waals surface area contributed by atoms with Crippen molar-refractivity contribution in [3.8, 4) is 18.4 Å². The Morgan fingerprint density at radius 3 is 3.21 bits per heavy atom. The third-order valence-electron chi connectivity index (χ3n) is 1.75. The van der Waals surface area contributed by atoms with E-state index < -0.39 is 12.2 Å². The highest BCUT2D eigenvalue weighted by molar-refractivity contribution is 5.68.